The number of likely N-dealkylation sites (tertiary alicyclic amines) is 1. The Morgan fingerprint density at radius 1 is 1.25 bits per heavy atom. The lowest BCUT2D eigenvalue weighted by atomic mass is 9.91. The Labute approximate surface area is 167 Å². The van der Waals surface area contributed by atoms with E-state index in [9.17, 15) is 9.59 Å². The van der Waals surface area contributed by atoms with Crippen LogP contribution in [0.4, 0.5) is 4.79 Å². The summed E-state index contributed by atoms with van der Waals surface area (Å²) >= 11 is 0. The summed E-state index contributed by atoms with van der Waals surface area (Å²) in [4.78, 5) is 27.6. The predicted octanol–water partition coefficient (Wildman–Crippen LogP) is 2.92. The number of carbonyl (C=O) groups is 2. The van der Waals surface area contributed by atoms with Crippen LogP contribution in [-0.2, 0) is 10.2 Å². The first-order valence-corrected chi connectivity index (χ1v) is 10.4. The molecule has 1 saturated carbocycles. The van der Waals surface area contributed by atoms with Crippen molar-refractivity contribution in [3.05, 3.63) is 34.9 Å². The van der Waals surface area contributed by atoms with Gasteiger partial charge in [-0.3, -0.25) is 9.69 Å². The molecule has 3 rings (SSSR count). The van der Waals surface area contributed by atoms with Gasteiger partial charge in [0.05, 0.1) is 6.54 Å². The maximum absolute atomic E-state index is 12.7. The average Bonchev–Trinajstić information content (AvgIpc) is 3.45. The van der Waals surface area contributed by atoms with Crippen molar-refractivity contribution in [2.24, 2.45) is 0 Å². The van der Waals surface area contributed by atoms with E-state index >= 15 is 0 Å². The quantitative estimate of drug-likeness (QED) is 0.755. The van der Waals surface area contributed by atoms with Crippen molar-refractivity contribution < 1.29 is 14.7 Å². The first-order valence-electron chi connectivity index (χ1n) is 10.4. The van der Waals surface area contributed by atoms with Crippen molar-refractivity contribution in [2.45, 2.75) is 57.9 Å². The van der Waals surface area contributed by atoms with E-state index in [1.165, 1.54) is 16.7 Å². The summed E-state index contributed by atoms with van der Waals surface area (Å²) in [7, 11) is 0. The molecule has 154 valence electrons. The van der Waals surface area contributed by atoms with Crippen molar-refractivity contribution in [3.8, 4) is 0 Å². The van der Waals surface area contributed by atoms with Crippen LogP contribution in [0.5, 0.6) is 0 Å². The third kappa shape index (κ3) is 4.66. The molecular formula is C22H33N3O3. The first kappa shape index (κ1) is 20.6. The van der Waals surface area contributed by atoms with Gasteiger partial charge in [-0.25, -0.2) is 4.79 Å². The van der Waals surface area contributed by atoms with E-state index in [1.54, 1.807) is 0 Å². The Hall–Kier alpha value is -2.08. The Balaban J connectivity index is 1.50. The van der Waals surface area contributed by atoms with Crippen molar-refractivity contribution in [3.63, 3.8) is 0 Å². The van der Waals surface area contributed by atoms with Crippen molar-refractivity contribution in [1.82, 2.24) is 15.1 Å². The van der Waals surface area contributed by atoms with Crippen molar-refractivity contribution >= 4 is 12.0 Å². The molecule has 1 aliphatic heterocycles. The highest BCUT2D eigenvalue weighted by molar-refractivity contribution is 5.74. The zero-order chi connectivity index (χ0) is 20.3. The molecule has 1 saturated heterocycles. The molecule has 0 bridgehead atoms. The Bertz CT molecular complexity index is 722. The van der Waals surface area contributed by atoms with Gasteiger partial charge in [-0.2, -0.15) is 0 Å². The van der Waals surface area contributed by atoms with Crippen LogP contribution < -0.4 is 5.32 Å². The number of hydrogen-bond acceptors (Lipinski definition) is 3. The fourth-order valence-electron chi connectivity index (χ4n) is 4.56. The number of aliphatic carboxylic acids is 1. The number of nitrogens with one attached hydrogen (secondary N) is 1. The van der Waals surface area contributed by atoms with Crippen LogP contribution in [0, 0.1) is 13.8 Å². The van der Waals surface area contributed by atoms with Gasteiger partial charge >= 0.3 is 12.0 Å². The highest BCUT2D eigenvalue weighted by atomic mass is 16.4. The van der Waals surface area contributed by atoms with Crippen LogP contribution in [-0.4, -0.2) is 65.7 Å². The molecular weight excluding hydrogens is 354 g/mol. The molecule has 0 unspecified atom stereocenters. The summed E-state index contributed by atoms with van der Waals surface area (Å²) in [5, 5.41) is 12.2. The van der Waals surface area contributed by atoms with E-state index in [0.717, 1.165) is 32.2 Å². The first-order chi connectivity index (χ1) is 13.3. The van der Waals surface area contributed by atoms with E-state index in [4.69, 9.17) is 5.11 Å². The van der Waals surface area contributed by atoms with E-state index in [-0.39, 0.29) is 24.0 Å². The minimum atomic E-state index is -0.789. The minimum Gasteiger partial charge on any atom is -0.480 e. The Morgan fingerprint density at radius 3 is 2.46 bits per heavy atom. The van der Waals surface area contributed by atoms with Crippen molar-refractivity contribution in [1.29, 1.82) is 0 Å². The highest BCUT2D eigenvalue weighted by Crippen LogP contribution is 2.48. The van der Waals surface area contributed by atoms with Crippen LogP contribution in [0.2, 0.25) is 0 Å². The smallest absolute Gasteiger partial charge is 0.317 e. The number of hydrogen-bond donors (Lipinski definition) is 2. The molecule has 6 heteroatoms. The molecule has 2 fully saturated rings. The summed E-state index contributed by atoms with van der Waals surface area (Å²) in [5.41, 5.74) is 4.05. The second kappa shape index (κ2) is 8.52. The molecule has 2 aliphatic rings. The molecule has 0 spiro atoms. The zero-order valence-electron chi connectivity index (χ0n) is 17.3. The predicted molar refractivity (Wildman–Crippen MR) is 110 cm³/mol. The number of piperidine rings is 1. The topological polar surface area (TPSA) is 72.9 Å². The molecule has 0 aromatic heterocycles. The fourth-order valence-corrected chi connectivity index (χ4v) is 4.56. The molecule has 0 atom stereocenters. The van der Waals surface area contributed by atoms with Crippen molar-refractivity contribution in [2.75, 3.05) is 32.7 Å². The van der Waals surface area contributed by atoms with E-state index < -0.39 is 5.97 Å². The third-order valence-electron chi connectivity index (χ3n) is 6.40. The molecule has 0 radical (unpaired) electrons. The monoisotopic (exact) mass is 387 g/mol. The summed E-state index contributed by atoms with van der Waals surface area (Å²) in [5.74, 6) is -0.789. The molecule has 2 amide bonds. The number of carboxylic acid groups (broad SMARTS) is 1. The lowest BCUT2D eigenvalue weighted by Gasteiger charge is -2.37. The largest absolute Gasteiger partial charge is 0.480 e. The second-order valence-corrected chi connectivity index (χ2v) is 8.43. The number of benzene rings is 1. The van der Waals surface area contributed by atoms with Gasteiger partial charge in [-0.05, 0) is 57.2 Å². The fraction of sp³-hybridized carbons (Fsp3) is 0.636. The molecule has 1 aromatic carbocycles. The molecule has 28 heavy (non-hydrogen) atoms. The van der Waals surface area contributed by atoms with Gasteiger partial charge in [0.25, 0.3) is 0 Å². The maximum atomic E-state index is 12.7. The number of likely N-dealkylation sites (N-methyl/N-ethyl adjacent to an activating group) is 1. The minimum absolute atomic E-state index is 0.00997. The number of carboxylic acids is 1. The van der Waals surface area contributed by atoms with Gasteiger partial charge in [0.15, 0.2) is 0 Å². The lowest BCUT2D eigenvalue weighted by Crippen LogP contribution is -2.51. The zero-order valence-corrected chi connectivity index (χ0v) is 17.3. The molecule has 1 aromatic rings. The number of nitrogens with zero attached hydrogens (tertiary/aromatic N) is 2. The van der Waals surface area contributed by atoms with Gasteiger partial charge in [0.2, 0.25) is 0 Å². The van der Waals surface area contributed by atoms with Gasteiger partial charge in [-0.15, -0.1) is 0 Å². The standard InChI is InChI=1S/C22H33N3O3/c1-4-24(14-20(26)27)18-7-11-25(12-8-18)21(28)23-15-22(9-10-22)19-6-5-16(2)13-17(19)3/h5-6,13,18H,4,7-12,14-15H2,1-3H3,(H,23,28)(H,26,27). The summed E-state index contributed by atoms with van der Waals surface area (Å²) in [6.45, 7) is 9.11. The second-order valence-electron chi connectivity index (χ2n) is 8.43. The van der Waals surface area contributed by atoms with Gasteiger partial charge < -0.3 is 15.3 Å². The summed E-state index contributed by atoms with van der Waals surface area (Å²) in [6, 6.07) is 6.85. The van der Waals surface area contributed by atoms with Crippen LogP contribution in [0.15, 0.2) is 18.2 Å². The summed E-state index contributed by atoms with van der Waals surface area (Å²) in [6.07, 6.45) is 3.91. The van der Waals surface area contributed by atoms with Gasteiger partial charge in [0, 0.05) is 31.1 Å². The SMILES string of the molecule is CCN(CC(=O)O)C1CCN(C(=O)NCC2(c3ccc(C)cc3C)CC2)CC1. The third-order valence-corrected chi connectivity index (χ3v) is 6.40. The van der Waals surface area contributed by atoms with Gasteiger partial charge in [-0.1, -0.05) is 30.7 Å². The Morgan fingerprint density at radius 2 is 1.93 bits per heavy atom. The van der Waals surface area contributed by atoms with Gasteiger partial charge in [0.1, 0.15) is 0 Å². The highest BCUT2D eigenvalue weighted by Gasteiger charge is 2.45. The molecule has 2 N–H and O–H groups in total. The Kier molecular flexibility index (Phi) is 6.28. The maximum Gasteiger partial charge on any atom is 0.317 e. The average molecular weight is 388 g/mol. The number of amides is 2. The summed E-state index contributed by atoms with van der Waals surface area (Å²) < 4.78 is 0. The molecule has 6 nitrogen and oxygen atoms in total. The van der Waals surface area contributed by atoms with Crippen LogP contribution in [0.3, 0.4) is 0 Å². The number of aryl methyl sites for hydroxylation is 2. The van der Waals surface area contributed by atoms with Crippen LogP contribution >= 0.6 is 0 Å². The van der Waals surface area contributed by atoms with Crippen LogP contribution in [0.1, 0.15) is 49.3 Å². The number of carbonyl (C=O) groups excluding carboxylic acids is 1. The van der Waals surface area contributed by atoms with E-state index in [2.05, 4.69) is 37.4 Å². The number of urea groups is 1. The van der Waals surface area contributed by atoms with E-state index in [1.807, 2.05) is 16.7 Å². The van der Waals surface area contributed by atoms with E-state index in [0.29, 0.717) is 19.6 Å². The normalized spacial score (nSPS) is 18.9. The molecule has 1 aliphatic carbocycles. The van der Waals surface area contributed by atoms with Crippen LogP contribution in [0.25, 0.3) is 0 Å². The lowest BCUT2D eigenvalue weighted by molar-refractivity contribution is -0.139. The molecule has 1 heterocycles. The number of rotatable bonds is 7.